The van der Waals surface area contributed by atoms with Crippen molar-refractivity contribution in [1.29, 1.82) is 0 Å². The Bertz CT molecular complexity index is 577. The first-order valence-corrected chi connectivity index (χ1v) is 10.0. The van der Waals surface area contributed by atoms with Crippen molar-refractivity contribution >= 4 is 0 Å². The highest BCUT2D eigenvalue weighted by Gasteiger charge is 2.88. The van der Waals surface area contributed by atoms with Gasteiger partial charge in [-0.05, 0) is 98.7 Å². The molecule has 2 aliphatic heterocycles. The summed E-state index contributed by atoms with van der Waals surface area (Å²) in [5.41, 5.74) is 0.507. The molecule has 0 aromatic heterocycles. The number of rotatable bonds is 0. The molecule has 2 nitrogen and oxygen atoms in total. The molecular formula is C20H26O2. The van der Waals surface area contributed by atoms with Gasteiger partial charge in [-0.15, -0.1) is 0 Å². The molecule has 0 bridgehead atoms. The minimum Gasteiger partial charge on any atom is -0.371 e. The van der Waals surface area contributed by atoms with Crippen LogP contribution >= 0.6 is 0 Å². The van der Waals surface area contributed by atoms with Gasteiger partial charge in [-0.3, -0.25) is 0 Å². The zero-order valence-corrected chi connectivity index (χ0v) is 13.6. The van der Waals surface area contributed by atoms with Crippen LogP contribution in [0.15, 0.2) is 0 Å². The van der Waals surface area contributed by atoms with Crippen molar-refractivity contribution in [2.24, 2.45) is 59.2 Å². The largest absolute Gasteiger partial charge is 0.371 e. The minimum atomic E-state index is 0.253. The molecule has 0 aromatic rings. The molecule has 14 atom stereocenters. The van der Waals surface area contributed by atoms with E-state index in [1.165, 1.54) is 25.7 Å². The number of hydrogen-bond donors (Lipinski definition) is 0. The van der Waals surface area contributed by atoms with Crippen molar-refractivity contribution in [3.8, 4) is 0 Å². The number of hydrogen-bond acceptors (Lipinski definition) is 2. The lowest BCUT2D eigenvalue weighted by atomic mass is 9.72. The summed E-state index contributed by atoms with van der Waals surface area (Å²) in [6, 6.07) is 0. The van der Waals surface area contributed by atoms with Gasteiger partial charge in [0, 0.05) is 0 Å². The summed E-state index contributed by atoms with van der Waals surface area (Å²) >= 11 is 0. The maximum atomic E-state index is 6.93. The highest BCUT2D eigenvalue weighted by Crippen LogP contribution is 2.86. The summed E-state index contributed by atoms with van der Waals surface area (Å²) in [4.78, 5) is 0. The van der Waals surface area contributed by atoms with E-state index in [-0.39, 0.29) is 11.2 Å². The van der Waals surface area contributed by atoms with Crippen LogP contribution in [0, 0.1) is 59.2 Å². The molecule has 0 amide bonds. The second-order valence-corrected chi connectivity index (χ2v) is 10.6. The Balaban J connectivity index is 1.46. The third-order valence-electron chi connectivity index (χ3n) is 10.7. The maximum Gasteiger partial charge on any atom is 0.0726 e. The van der Waals surface area contributed by atoms with E-state index in [1.807, 2.05) is 0 Å². The van der Waals surface area contributed by atoms with Crippen LogP contribution < -0.4 is 0 Å². The van der Waals surface area contributed by atoms with Gasteiger partial charge in [-0.2, -0.15) is 0 Å². The zero-order valence-electron chi connectivity index (χ0n) is 13.6. The molecule has 2 heterocycles. The third kappa shape index (κ3) is 0.775. The third-order valence-corrected chi connectivity index (χ3v) is 10.7. The first-order valence-electron chi connectivity index (χ1n) is 10.0. The molecule has 0 unspecified atom stereocenters. The number of ether oxygens (including phenoxy) is 2. The molecule has 0 spiro atoms. The van der Waals surface area contributed by atoms with Crippen LogP contribution in [0.5, 0.6) is 0 Å². The van der Waals surface area contributed by atoms with E-state index in [1.54, 1.807) is 0 Å². The second-order valence-electron chi connectivity index (χ2n) is 10.6. The lowest BCUT2D eigenvalue weighted by Crippen LogP contribution is -2.42. The van der Waals surface area contributed by atoms with Gasteiger partial charge in [0.15, 0.2) is 0 Å². The van der Waals surface area contributed by atoms with Crippen molar-refractivity contribution in [1.82, 2.24) is 0 Å². The average Bonchev–Trinajstić information content (AvgIpc) is 3.19. The molecule has 2 saturated heterocycles. The van der Waals surface area contributed by atoms with Gasteiger partial charge in [0.2, 0.25) is 0 Å². The highest BCUT2D eigenvalue weighted by molar-refractivity contribution is 5.35. The molecule has 22 heavy (non-hydrogen) atoms. The zero-order chi connectivity index (χ0) is 14.2. The molecule has 8 rings (SSSR count). The predicted molar refractivity (Wildman–Crippen MR) is 79.9 cm³/mol. The first-order chi connectivity index (χ1) is 10.6. The Kier molecular flexibility index (Phi) is 1.49. The Morgan fingerprint density at radius 1 is 0.591 bits per heavy atom. The van der Waals surface area contributed by atoms with Crippen molar-refractivity contribution in [3.05, 3.63) is 0 Å². The lowest BCUT2D eigenvalue weighted by molar-refractivity contribution is -0.109. The normalized spacial score (nSPS) is 83.2. The highest BCUT2D eigenvalue weighted by atomic mass is 16.5. The molecular weight excluding hydrogens is 272 g/mol. The summed E-state index contributed by atoms with van der Waals surface area (Å²) in [7, 11) is 0. The number of fused-ring (bicyclic) bond motifs is 4. The topological polar surface area (TPSA) is 18.5 Å². The van der Waals surface area contributed by atoms with Crippen LogP contribution in [0.3, 0.4) is 0 Å². The fraction of sp³-hybridized carbons (Fsp3) is 1.00. The van der Waals surface area contributed by atoms with Crippen molar-refractivity contribution in [3.63, 3.8) is 0 Å². The maximum absolute atomic E-state index is 6.93. The van der Waals surface area contributed by atoms with E-state index in [0.29, 0.717) is 12.2 Å². The molecule has 6 aliphatic carbocycles. The van der Waals surface area contributed by atoms with E-state index >= 15 is 0 Å². The predicted octanol–water partition coefficient (Wildman–Crippen LogP) is 3.11. The van der Waals surface area contributed by atoms with Gasteiger partial charge < -0.3 is 9.47 Å². The Hall–Kier alpha value is -0.0800. The van der Waals surface area contributed by atoms with Crippen LogP contribution in [0.2, 0.25) is 0 Å². The SMILES string of the molecule is C[C@]12O[C@@H]3CC[C@@H]4[C@@H]3[C@@H]1[C@@H]1[C@H]3[C@@H]5[C@@H]6[C@@H](CC[C@@H]6O[C@]5(C)[C@@H]41)[C@@H]32. The summed E-state index contributed by atoms with van der Waals surface area (Å²) in [5.74, 6) is 9.21. The molecule has 0 radical (unpaired) electrons. The second kappa shape index (κ2) is 2.86. The first kappa shape index (κ1) is 11.5. The standard InChI is InChI=1S/C20H26O2/c1-19-15-7-3-6-10-12(7)18-13(15)14-16(20(18,2)22-10)8-4-5-9(21-19)11(8)17(14)19/h7-18H,3-6H2,1-2H3/t7-,8-,9-,10+,11+,12-,13-,14-,15+,16+,17-,18+,19-,20-/m1/s1. The van der Waals surface area contributed by atoms with E-state index < -0.39 is 0 Å². The fourth-order valence-corrected chi connectivity index (χ4v) is 11.2. The molecule has 2 heteroatoms. The summed E-state index contributed by atoms with van der Waals surface area (Å²) in [6.45, 7) is 5.12. The van der Waals surface area contributed by atoms with Gasteiger partial charge in [-0.25, -0.2) is 0 Å². The van der Waals surface area contributed by atoms with Crippen LogP contribution in [-0.4, -0.2) is 23.4 Å². The van der Waals surface area contributed by atoms with Gasteiger partial charge >= 0.3 is 0 Å². The van der Waals surface area contributed by atoms with Crippen molar-refractivity contribution in [2.45, 2.75) is 62.9 Å². The monoisotopic (exact) mass is 298 g/mol. The smallest absolute Gasteiger partial charge is 0.0726 e. The molecule has 8 fully saturated rings. The molecule has 0 aromatic carbocycles. The van der Waals surface area contributed by atoms with Crippen LogP contribution in [0.25, 0.3) is 0 Å². The van der Waals surface area contributed by atoms with E-state index in [2.05, 4.69) is 13.8 Å². The van der Waals surface area contributed by atoms with Crippen molar-refractivity contribution in [2.75, 3.05) is 0 Å². The summed E-state index contributed by atoms with van der Waals surface area (Å²) < 4.78 is 13.9. The lowest BCUT2D eigenvalue weighted by Gasteiger charge is -2.36. The molecule has 6 saturated carbocycles. The molecule has 118 valence electrons. The van der Waals surface area contributed by atoms with Crippen molar-refractivity contribution < 1.29 is 9.47 Å². The van der Waals surface area contributed by atoms with Crippen LogP contribution in [0.1, 0.15) is 39.5 Å². The van der Waals surface area contributed by atoms with E-state index in [9.17, 15) is 0 Å². The molecule has 8 aliphatic rings. The van der Waals surface area contributed by atoms with E-state index in [4.69, 9.17) is 9.47 Å². The van der Waals surface area contributed by atoms with Gasteiger partial charge in [0.25, 0.3) is 0 Å². The minimum absolute atomic E-state index is 0.253. The Morgan fingerprint density at radius 2 is 1.05 bits per heavy atom. The quantitative estimate of drug-likeness (QED) is 0.684. The summed E-state index contributed by atoms with van der Waals surface area (Å²) in [6.07, 6.45) is 6.80. The van der Waals surface area contributed by atoms with Gasteiger partial charge in [-0.1, -0.05) is 0 Å². The van der Waals surface area contributed by atoms with Gasteiger partial charge in [0.1, 0.15) is 0 Å². The van der Waals surface area contributed by atoms with Gasteiger partial charge in [0.05, 0.1) is 23.4 Å². The molecule has 0 N–H and O–H groups in total. The Labute approximate surface area is 132 Å². The van der Waals surface area contributed by atoms with E-state index in [0.717, 1.165) is 59.2 Å². The average molecular weight is 298 g/mol. The fourth-order valence-electron chi connectivity index (χ4n) is 11.2. The van der Waals surface area contributed by atoms with Crippen LogP contribution in [-0.2, 0) is 9.47 Å². The van der Waals surface area contributed by atoms with Crippen LogP contribution in [0.4, 0.5) is 0 Å². The Morgan fingerprint density at radius 3 is 1.50 bits per heavy atom. The summed E-state index contributed by atoms with van der Waals surface area (Å²) in [5, 5.41) is 0.